The Kier molecular flexibility index (Phi) is 2.77. The molecule has 1 aromatic rings. The predicted molar refractivity (Wildman–Crippen MR) is 54.7 cm³/mol. The molecule has 1 atom stereocenters. The third-order valence-electron chi connectivity index (χ3n) is 1.79. The minimum Gasteiger partial charge on any atom is -0.507 e. The second-order valence-electron chi connectivity index (χ2n) is 3.06. The van der Waals surface area contributed by atoms with Gasteiger partial charge >= 0.3 is 0 Å². The van der Waals surface area contributed by atoms with E-state index < -0.39 is 9.84 Å². The summed E-state index contributed by atoms with van der Waals surface area (Å²) >= 11 is 0. The van der Waals surface area contributed by atoms with Crippen LogP contribution in [-0.2, 0) is 9.84 Å². The van der Waals surface area contributed by atoms with Crippen molar-refractivity contribution in [2.24, 2.45) is 0 Å². The Balaban J connectivity index is 3.32. The number of rotatable bonds is 2. The summed E-state index contributed by atoms with van der Waals surface area (Å²) in [5.41, 5.74) is 0. The first-order valence-corrected chi connectivity index (χ1v) is 6.68. The Bertz CT molecular complexity index is 398. The maximum absolute atomic E-state index is 11.6. The zero-order valence-corrected chi connectivity index (χ0v) is 10.4. The van der Waals surface area contributed by atoms with Gasteiger partial charge in [-0.3, -0.25) is 0 Å². The van der Waals surface area contributed by atoms with Crippen molar-refractivity contribution in [2.75, 3.05) is 0 Å². The normalized spacial score (nSPS) is 14.2. The molecule has 0 saturated carbocycles. The number of phenolic OH excluding ortho intramolecular Hbond substituents is 1. The van der Waals surface area contributed by atoms with Crippen LogP contribution in [0.5, 0.6) is 5.75 Å². The highest BCUT2D eigenvalue weighted by Gasteiger charge is 2.21. The second kappa shape index (κ2) is 3.51. The third-order valence-corrected chi connectivity index (χ3v) is 5.85. The number of phenols is 1. The molecule has 0 radical (unpaired) electrons. The first-order valence-electron chi connectivity index (χ1n) is 3.98. The van der Waals surface area contributed by atoms with Crippen molar-refractivity contribution in [1.29, 1.82) is 0 Å². The van der Waals surface area contributed by atoms with E-state index in [-0.39, 0.29) is 15.5 Å². The Morgan fingerprint density at radius 2 is 1.92 bits per heavy atom. The molecule has 5 heteroatoms. The van der Waals surface area contributed by atoms with Gasteiger partial charge in [-0.25, -0.2) is 8.42 Å². The largest absolute Gasteiger partial charge is 0.507 e. The van der Waals surface area contributed by atoms with Crippen molar-refractivity contribution >= 4 is 20.1 Å². The van der Waals surface area contributed by atoms with Crippen LogP contribution in [0, 0.1) is 0 Å². The molecule has 1 unspecified atom stereocenters. The second-order valence-corrected chi connectivity index (χ2v) is 8.10. The number of benzene rings is 1. The lowest BCUT2D eigenvalue weighted by molar-refractivity contribution is 0.458. The summed E-state index contributed by atoms with van der Waals surface area (Å²) in [5.74, 6) is -0.162. The summed E-state index contributed by atoms with van der Waals surface area (Å²) in [5, 5.41) is 9.33. The molecule has 3 nitrogen and oxygen atoms in total. The van der Waals surface area contributed by atoms with Crippen molar-refractivity contribution in [1.82, 2.24) is 0 Å². The summed E-state index contributed by atoms with van der Waals surface area (Å²) < 4.78 is 23.3. The van der Waals surface area contributed by atoms with E-state index >= 15 is 0 Å². The number of hydrogen-bond donors (Lipinski definition) is 1. The monoisotopic (exact) mass is 216 g/mol. The molecule has 1 rings (SSSR count). The molecule has 0 aliphatic heterocycles. The van der Waals surface area contributed by atoms with Crippen LogP contribution in [0.3, 0.4) is 0 Å². The minimum absolute atomic E-state index is 0.0394. The first-order chi connectivity index (χ1) is 5.96. The van der Waals surface area contributed by atoms with Crippen LogP contribution in [0.1, 0.15) is 6.92 Å². The molecule has 1 N–H and O–H groups in total. The van der Waals surface area contributed by atoms with Crippen LogP contribution in [0.2, 0.25) is 0 Å². The van der Waals surface area contributed by atoms with E-state index in [2.05, 4.69) is 0 Å². The van der Waals surface area contributed by atoms with Gasteiger partial charge in [0.2, 0.25) is 0 Å². The summed E-state index contributed by atoms with van der Waals surface area (Å²) in [6.45, 7) is 1.65. The molecule has 0 amide bonds. The standard InChI is InChI=1S/C8H12O3SSi/c1-6(13)12(10,11)8-5-3-2-4-7(8)9/h2-6,9H,1,13H3. The highest BCUT2D eigenvalue weighted by molar-refractivity contribution is 7.93. The van der Waals surface area contributed by atoms with Gasteiger partial charge in [-0.15, -0.1) is 0 Å². The van der Waals surface area contributed by atoms with Crippen LogP contribution < -0.4 is 0 Å². The van der Waals surface area contributed by atoms with E-state index in [1.807, 2.05) is 0 Å². The van der Waals surface area contributed by atoms with Crippen molar-refractivity contribution < 1.29 is 13.5 Å². The lowest BCUT2D eigenvalue weighted by atomic mass is 10.3. The van der Waals surface area contributed by atoms with Crippen LogP contribution in [0.15, 0.2) is 29.2 Å². The van der Waals surface area contributed by atoms with Gasteiger partial charge < -0.3 is 5.11 Å². The van der Waals surface area contributed by atoms with Crippen molar-refractivity contribution in [3.63, 3.8) is 0 Å². The van der Waals surface area contributed by atoms with E-state index in [9.17, 15) is 13.5 Å². The summed E-state index contributed by atoms with van der Waals surface area (Å²) in [7, 11) is -2.73. The molecule has 0 aromatic heterocycles. The lowest BCUT2D eigenvalue weighted by Crippen LogP contribution is -2.17. The zero-order chi connectivity index (χ0) is 10.1. The van der Waals surface area contributed by atoms with E-state index in [0.717, 1.165) is 0 Å². The quantitative estimate of drug-likeness (QED) is 0.701. The lowest BCUT2D eigenvalue weighted by Gasteiger charge is -2.08. The Morgan fingerprint density at radius 3 is 2.38 bits per heavy atom. The first kappa shape index (κ1) is 10.3. The van der Waals surface area contributed by atoms with Crippen LogP contribution >= 0.6 is 0 Å². The van der Waals surface area contributed by atoms with Gasteiger partial charge in [-0.05, 0) is 12.1 Å². The summed E-state index contributed by atoms with van der Waals surface area (Å²) in [6.07, 6.45) is 0. The molecule has 0 aliphatic rings. The smallest absolute Gasteiger partial charge is 0.181 e. The number of para-hydroxylation sites is 1. The van der Waals surface area contributed by atoms with Crippen LogP contribution in [-0.4, -0.2) is 28.6 Å². The van der Waals surface area contributed by atoms with Crippen molar-refractivity contribution in [3.05, 3.63) is 24.3 Å². The molecule has 13 heavy (non-hydrogen) atoms. The molecule has 0 fully saturated rings. The zero-order valence-electron chi connectivity index (χ0n) is 7.56. The topological polar surface area (TPSA) is 54.4 Å². The van der Waals surface area contributed by atoms with Gasteiger partial charge in [0.1, 0.15) is 10.6 Å². The SMILES string of the molecule is CC([SiH3])S(=O)(=O)c1ccccc1O. The maximum atomic E-state index is 11.6. The highest BCUT2D eigenvalue weighted by atomic mass is 32.2. The van der Waals surface area contributed by atoms with Gasteiger partial charge in [-0.2, -0.15) is 0 Å². The van der Waals surface area contributed by atoms with Gasteiger partial charge in [0.15, 0.2) is 9.84 Å². The number of aromatic hydroxyl groups is 1. The molecule has 0 aliphatic carbocycles. The van der Waals surface area contributed by atoms with Gasteiger partial charge in [-0.1, -0.05) is 19.1 Å². The molecule has 0 spiro atoms. The predicted octanol–water partition coefficient (Wildman–Crippen LogP) is -0.123. The molecule has 72 valence electrons. The Labute approximate surface area is 80.8 Å². The number of hydrogen-bond acceptors (Lipinski definition) is 3. The molecular weight excluding hydrogens is 204 g/mol. The van der Waals surface area contributed by atoms with Crippen LogP contribution in [0.25, 0.3) is 0 Å². The van der Waals surface area contributed by atoms with Crippen molar-refractivity contribution in [3.8, 4) is 5.75 Å². The van der Waals surface area contributed by atoms with E-state index in [1.165, 1.54) is 12.1 Å². The number of sulfone groups is 1. The van der Waals surface area contributed by atoms with Crippen LogP contribution in [0.4, 0.5) is 0 Å². The average Bonchev–Trinajstić information content (AvgIpc) is 2.04. The summed E-state index contributed by atoms with van der Waals surface area (Å²) in [4.78, 5) is -0.335. The molecule has 0 heterocycles. The average molecular weight is 216 g/mol. The Hall–Kier alpha value is -0.813. The fourth-order valence-electron chi connectivity index (χ4n) is 0.952. The highest BCUT2D eigenvalue weighted by Crippen LogP contribution is 2.24. The molecule has 1 aromatic carbocycles. The van der Waals surface area contributed by atoms with E-state index in [4.69, 9.17) is 0 Å². The fourth-order valence-corrected chi connectivity index (χ4v) is 2.85. The third kappa shape index (κ3) is 1.92. The summed E-state index contributed by atoms with van der Waals surface area (Å²) in [6, 6.07) is 6.03. The molecule has 0 bridgehead atoms. The van der Waals surface area contributed by atoms with Gasteiger partial charge in [0, 0.05) is 15.1 Å². The fraction of sp³-hybridized carbons (Fsp3) is 0.250. The van der Waals surface area contributed by atoms with Crippen molar-refractivity contribution in [2.45, 2.75) is 16.7 Å². The van der Waals surface area contributed by atoms with E-state index in [1.54, 1.807) is 19.1 Å². The molecular formula is C8H12O3SSi. The van der Waals surface area contributed by atoms with Gasteiger partial charge in [0.25, 0.3) is 0 Å². The van der Waals surface area contributed by atoms with E-state index in [0.29, 0.717) is 10.2 Å². The molecule has 0 saturated heterocycles. The Morgan fingerprint density at radius 1 is 1.38 bits per heavy atom. The van der Waals surface area contributed by atoms with Gasteiger partial charge in [0.05, 0.1) is 0 Å². The minimum atomic E-state index is -3.30. The maximum Gasteiger partial charge on any atom is 0.181 e.